The second kappa shape index (κ2) is 7.87. The van der Waals surface area contributed by atoms with Gasteiger partial charge in [-0.2, -0.15) is 5.48 Å². The van der Waals surface area contributed by atoms with Crippen LogP contribution in [0.2, 0.25) is 0 Å². The standard InChI is InChI=1S/C17H20N4O2.H2O/c18-16(11-5-7-13(21-23)8-6-11)15-14(9-10-19-17(15)22)20-12-3-1-2-4-12;/h5-10,12,18,21,23H,1-4H2,(H2,19,20,22);1H2/p+1. The first-order valence-electron chi connectivity index (χ1n) is 7.84. The lowest BCUT2D eigenvalue weighted by atomic mass is 10.0. The van der Waals surface area contributed by atoms with Crippen molar-refractivity contribution < 1.29 is 16.2 Å². The Hall–Kier alpha value is -2.48. The zero-order valence-corrected chi connectivity index (χ0v) is 13.3. The highest BCUT2D eigenvalue weighted by atomic mass is 16.5. The highest BCUT2D eigenvalue weighted by molar-refractivity contribution is 6.13. The number of benzene rings is 1. The van der Waals surface area contributed by atoms with Crippen molar-refractivity contribution in [3.8, 4) is 0 Å². The van der Waals surface area contributed by atoms with E-state index in [0.717, 1.165) is 18.3 Å². The van der Waals surface area contributed by atoms with E-state index in [4.69, 9.17) is 10.6 Å². The quantitative estimate of drug-likeness (QED) is 0.316. The maximum Gasteiger partial charge on any atom is 0.259 e. The van der Waals surface area contributed by atoms with Gasteiger partial charge in [0.25, 0.3) is 5.56 Å². The van der Waals surface area contributed by atoms with E-state index in [1.807, 2.05) is 6.07 Å². The third-order valence-corrected chi connectivity index (χ3v) is 4.27. The summed E-state index contributed by atoms with van der Waals surface area (Å²) in [6, 6.07) is 9.08. The van der Waals surface area contributed by atoms with Crippen molar-refractivity contribution in [3.63, 3.8) is 0 Å². The zero-order valence-electron chi connectivity index (χ0n) is 13.3. The van der Waals surface area contributed by atoms with Gasteiger partial charge in [-0.15, -0.1) is 0 Å². The van der Waals surface area contributed by atoms with E-state index in [1.165, 1.54) is 12.8 Å². The summed E-state index contributed by atoms with van der Waals surface area (Å²) in [5.41, 5.74) is 3.29. The van der Waals surface area contributed by atoms with Gasteiger partial charge in [-0.25, -0.2) is 5.21 Å². The van der Waals surface area contributed by atoms with Gasteiger partial charge in [-0.1, -0.05) is 12.8 Å². The topological polar surface area (TPSA) is 137 Å². The van der Waals surface area contributed by atoms with Crippen LogP contribution in [-0.2, 0) is 0 Å². The molecule has 1 saturated carbocycles. The number of nitrogens with one attached hydrogen (secondary N) is 3. The fourth-order valence-corrected chi connectivity index (χ4v) is 3.02. The molecule has 1 aromatic carbocycles. The largest absolute Gasteiger partial charge is 0.412 e. The Morgan fingerprint density at radius 3 is 2.50 bits per heavy atom. The molecule has 1 aromatic heterocycles. The molecule has 0 unspecified atom stereocenters. The molecule has 2 aromatic rings. The first kappa shape index (κ1) is 17.9. The molecule has 0 spiro atoms. The van der Waals surface area contributed by atoms with E-state index in [1.54, 1.807) is 30.5 Å². The van der Waals surface area contributed by atoms with Crippen molar-refractivity contribution in [2.75, 3.05) is 5.32 Å². The molecule has 0 saturated heterocycles. The minimum absolute atomic E-state index is 0. The van der Waals surface area contributed by atoms with Gasteiger partial charge in [0, 0.05) is 29.9 Å². The molecular weight excluding hydrogens is 308 g/mol. The van der Waals surface area contributed by atoms with Crippen molar-refractivity contribution in [1.82, 2.24) is 4.98 Å². The van der Waals surface area contributed by atoms with Crippen LogP contribution >= 0.6 is 0 Å². The molecular formula is C17H23N4O3+. The Morgan fingerprint density at radius 2 is 1.88 bits per heavy atom. The Kier molecular flexibility index (Phi) is 5.86. The number of pyridine rings is 1. The fourth-order valence-electron chi connectivity index (χ4n) is 3.02. The zero-order chi connectivity index (χ0) is 16.2. The molecule has 24 heavy (non-hydrogen) atoms. The van der Waals surface area contributed by atoms with Crippen molar-refractivity contribution in [3.05, 3.63) is 58.0 Å². The Labute approximate surface area is 139 Å². The number of nitrogens with two attached hydrogens (primary N) is 1. The number of H-pyrrole nitrogens is 1. The van der Waals surface area contributed by atoms with E-state index in [9.17, 15) is 4.79 Å². The summed E-state index contributed by atoms with van der Waals surface area (Å²) in [6.07, 6.45) is 6.21. The van der Waals surface area contributed by atoms with Crippen molar-refractivity contribution in [2.24, 2.45) is 0 Å². The number of hydrogen-bond acceptors (Lipinski definition) is 4. The van der Waals surface area contributed by atoms with E-state index >= 15 is 0 Å². The van der Waals surface area contributed by atoms with Crippen molar-refractivity contribution >= 4 is 17.1 Å². The van der Waals surface area contributed by atoms with Crippen LogP contribution < -0.4 is 16.4 Å². The molecule has 0 bridgehead atoms. The smallest absolute Gasteiger partial charge is 0.259 e. The average molecular weight is 331 g/mol. The molecule has 0 atom stereocenters. The number of rotatable bonds is 5. The highest BCUT2D eigenvalue weighted by Gasteiger charge is 2.19. The van der Waals surface area contributed by atoms with E-state index in [-0.39, 0.29) is 16.7 Å². The molecule has 1 fully saturated rings. The summed E-state index contributed by atoms with van der Waals surface area (Å²) in [4.78, 5) is 14.9. The number of hydrogen-bond donors (Lipinski definition) is 5. The summed E-state index contributed by atoms with van der Waals surface area (Å²) in [7, 11) is 0. The molecule has 0 amide bonds. The Balaban J connectivity index is 0.00000208. The lowest BCUT2D eigenvalue weighted by Crippen LogP contribution is -2.73. The van der Waals surface area contributed by atoms with E-state index in [0.29, 0.717) is 28.5 Å². The SMILES string of the molecule is N=C(c1ccc([NH2+]O)cc1)c1c(NC2CCCC2)cc[nH]c1=O.O. The van der Waals surface area contributed by atoms with Gasteiger partial charge in [0.2, 0.25) is 0 Å². The first-order valence-corrected chi connectivity index (χ1v) is 7.84. The summed E-state index contributed by atoms with van der Waals surface area (Å²) in [6.45, 7) is 0. The molecule has 1 aliphatic rings. The normalized spacial score (nSPS) is 14.2. The summed E-state index contributed by atoms with van der Waals surface area (Å²) >= 11 is 0. The van der Waals surface area contributed by atoms with Crippen molar-refractivity contribution in [2.45, 2.75) is 31.7 Å². The van der Waals surface area contributed by atoms with Crippen LogP contribution in [0.25, 0.3) is 0 Å². The number of aromatic nitrogens is 1. The van der Waals surface area contributed by atoms with Gasteiger partial charge < -0.3 is 15.8 Å². The molecule has 7 heteroatoms. The van der Waals surface area contributed by atoms with Crippen LogP contribution in [0.5, 0.6) is 0 Å². The predicted octanol–water partition coefficient (Wildman–Crippen LogP) is 0.905. The monoisotopic (exact) mass is 331 g/mol. The summed E-state index contributed by atoms with van der Waals surface area (Å²) in [5, 5.41) is 20.8. The average Bonchev–Trinajstić information content (AvgIpc) is 3.08. The minimum Gasteiger partial charge on any atom is -0.412 e. The van der Waals surface area contributed by atoms with E-state index < -0.39 is 0 Å². The van der Waals surface area contributed by atoms with Crippen molar-refractivity contribution in [1.29, 1.82) is 5.41 Å². The van der Waals surface area contributed by atoms with Crippen LogP contribution in [0.15, 0.2) is 41.3 Å². The van der Waals surface area contributed by atoms with Crippen LogP contribution in [0.4, 0.5) is 11.4 Å². The Morgan fingerprint density at radius 1 is 1.21 bits per heavy atom. The van der Waals surface area contributed by atoms with Gasteiger partial charge in [0.05, 0.1) is 17.0 Å². The lowest BCUT2D eigenvalue weighted by molar-refractivity contribution is -0.825. The number of quaternary nitrogens is 1. The predicted molar refractivity (Wildman–Crippen MR) is 92.3 cm³/mol. The lowest BCUT2D eigenvalue weighted by Gasteiger charge is -2.17. The van der Waals surface area contributed by atoms with Gasteiger partial charge in [0.1, 0.15) is 0 Å². The number of aromatic amines is 1. The molecule has 7 nitrogen and oxygen atoms in total. The molecule has 1 heterocycles. The molecule has 128 valence electrons. The second-order valence-electron chi connectivity index (χ2n) is 5.85. The van der Waals surface area contributed by atoms with Crippen LogP contribution in [-0.4, -0.2) is 27.4 Å². The number of anilines is 1. The third kappa shape index (κ3) is 3.70. The minimum atomic E-state index is -0.268. The second-order valence-corrected chi connectivity index (χ2v) is 5.85. The molecule has 0 aliphatic heterocycles. The Bertz CT molecular complexity index is 749. The maximum absolute atomic E-state index is 12.3. The summed E-state index contributed by atoms with van der Waals surface area (Å²) < 4.78 is 0. The highest BCUT2D eigenvalue weighted by Crippen LogP contribution is 2.24. The van der Waals surface area contributed by atoms with Gasteiger partial charge in [0.15, 0.2) is 5.69 Å². The first-order chi connectivity index (χ1) is 11.2. The van der Waals surface area contributed by atoms with Gasteiger partial charge >= 0.3 is 0 Å². The van der Waals surface area contributed by atoms with E-state index in [2.05, 4.69) is 10.3 Å². The maximum atomic E-state index is 12.3. The van der Waals surface area contributed by atoms with Crippen LogP contribution in [0, 0.1) is 5.41 Å². The molecule has 3 rings (SSSR count). The molecule has 8 N–H and O–H groups in total. The molecule has 1 aliphatic carbocycles. The third-order valence-electron chi connectivity index (χ3n) is 4.27. The summed E-state index contributed by atoms with van der Waals surface area (Å²) in [5.74, 6) is 0. The van der Waals surface area contributed by atoms with Crippen LogP contribution in [0.3, 0.4) is 0 Å². The fraction of sp³-hybridized carbons (Fsp3) is 0.294. The van der Waals surface area contributed by atoms with Crippen LogP contribution in [0.1, 0.15) is 36.8 Å². The van der Waals surface area contributed by atoms with Gasteiger partial charge in [-0.05, 0) is 31.0 Å². The molecule has 0 radical (unpaired) electrons. The van der Waals surface area contributed by atoms with Gasteiger partial charge in [-0.3, -0.25) is 10.2 Å².